The number of hydrogen-bond acceptors (Lipinski definition) is 4. The van der Waals surface area contributed by atoms with Crippen molar-refractivity contribution < 1.29 is 14.3 Å². The molecule has 2 aliphatic rings. The fourth-order valence-electron chi connectivity index (χ4n) is 3.36. The Bertz CT molecular complexity index is 500. The summed E-state index contributed by atoms with van der Waals surface area (Å²) in [7, 11) is 0. The molecule has 0 aliphatic carbocycles. The van der Waals surface area contributed by atoms with Crippen LogP contribution in [-0.4, -0.2) is 47.9 Å². The Morgan fingerprint density at radius 1 is 1.36 bits per heavy atom. The summed E-state index contributed by atoms with van der Waals surface area (Å²) in [6.45, 7) is 4.91. The van der Waals surface area contributed by atoms with Gasteiger partial charge in [0.15, 0.2) is 5.79 Å². The van der Waals surface area contributed by atoms with Gasteiger partial charge in [0.05, 0.1) is 13.2 Å². The highest BCUT2D eigenvalue weighted by molar-refractivity contribution is 5.76. The van der Waals surface area contributed by atoms with Gasteiger partial charge >= 0.3 is 0 Å². The first-order chi connectivity index (χ1) is 10.7. The molecule has 22 heavy (non-hydrogen) atoms. The second-order valence-electron chi connectivity index (χ2n) is 6.25. The molecule has 3 heterocycles. The Hall–Kier alpha value is -1.46. The molecule has 0 unspecified atom stereocenters. The lowest BCUT2D eigenvalue weighted by molar-refractivity contribution is -0.193. The molecule has 0 spiro atoms. The monoisotopic (exact) mass is 304 g/mol. The van der Waals surface area contributed by atoms with E-state index in [-0.39, 0.29) is 11.8 Å². The first-order valence-electron chi connectivity index (χ1n) is 8.12. The Balaban J connectivity index is 1.54. The highest BCUT2D eigenvalue weighted by Crippen LogP contribution is 2.34. The molecule has 1 aromatic rings. The number of likely N-dealkylation sites (tertiary alicyclic amines) is 1. The highest BCUT2D eigenvalue weighted by Gasteiger charge is 2.42. The first-order valence-corrected chi connectivity index (χ1v) is 8.12. The lowest BCUT2D eigenvalue weighted by Gasteiger charge is -2.40. The number of piperidine rings is 1. The topological polar surface area (TPSA) is 51.7 Å². The predicted molar refractivity (Wildman–Crippen MR) is 82.2 cm³/mol. The minimum absolute atomic E-state index is 0.225. The van der Waals surface area contributed by atoms with E-state index in [9.17, 15) is 4.79 Å². The van der Waals surface area contributed by atoms with Gasteiger partial charge in [-0.2, -0.15) is 0 Å². The van der Waals surface area contributed by atoms with E-state index in [0.717, 1.165) is 37.9 Å². The molecule has 5 nitrogen and oxygen atoms in total. The van der Waals surface area contributed by atoms with Crippen molar-refractivity contribution in [1.82, 2.24) is 9.88 Å². The van der Waals surface area contributed by atoms with Crippen LogP contribution < -0.4 is 0 Å². The van der Waals surface area contributed by atoms with E-state index >= 15 is 0 Å². The third kappa shape index (κ3) is 3.47. The van der Waals surface area contributed by atoms with Crippen LogP contribution in [0.5, 0.6) is 0 Å². The van der Waals surface area contributed by atoms with Gasteiger partial charge in [-0.05, 0) is 43.9 Å². The van der Waals surface area contributed by atoms with Crippen LogP contribution >= 0.6 is 0 Å². The molecule has 2 fully saturated rings. The van der Waals surface area contributed by atoms with Crippen molar-refractivity contribution in [3.63, 3.8) is 0 Å². The zero-order valence-electron chi connectivity index (χ0n) is 13.2. The van der Waals surface area contributed by atoms with Gasteiger partial charge in [-0.1, -0.05) is 0 Å². The third-order valence-corrected chi connectivity index (χ3v) is 4.75. The van der Waals surface area contributed by atoms with E-state index in [1.807, 2.05) is 24.0 Å². The largest absolute Gasteiger partial charge is 0.347 e. The Labute approximate surface area is 131 Å². The van der Waals surface area contributed by atoms with Gasteiger partial charge in [-0.3, -0.25) is 9.78 Å². The van der Waals surface area contributed by atoms with Crippen molar-refractivity contribution in [2.24, 2.45) is 5.92 Å². The molecule has 120 valence electrons. The van der Waals surface area contributed by atoms with Crippen molar-refractivity contribution in [1.29, 1.82) is 0 Å². The number of aromatic nitrogens is 1. The minimum Gasteiger partial charge on any atom is -0.347 e. The van der Waals surface area contributed by atoms with Gasteiger partial charge < -0.3 is 14.4 Å². The fourth-order valence-corrected chi connectivity index (χ4v) is 3.36. The van der Waals surface area contributed by atoms with Gasteiger partial charge in [0.1, 0.15) is 0 Å². The molecule has 5 heteroatoms. The predicted octanol–water partition coefficient (Wildman–Crippen LogP) is 2.02. The minimum atomic E-state index is -0.510. The number of ether oxygens (including phenoxy) is 2. The van der Waals surface area contributed by atoms with Crippen LogP contribution in [0.4, 0.5) is 0 Å². The Kier molecular flexibility index (Phi) is 4.74. The van der Waals surface area contributed by atoms with E-state index in [2.05, 4.69) is 4.98 Å². The number of aryl methyl sites for hydroxylation is 1. The van der Waals surface area contributed by atoms with Crippen LogP contribution in [0.15, 0.2) is 24.5 Å². The highest BCUT2D eigenvalue weighted by atomic mass is 16.7. The molecule has 0 saturated carbocycles. The van der Waals surface area contributed by atoms with Crippen molar-refractivity contribution in [2.75, 3.05) is 26.3 Å². The number of amides is 1. The normalized spacial score (nSPS) is 24.4. The van der Waals surface area contributed by atoms with Crippen molar-refractivity contribution in [3.8, 4) is 0 Å². The molecule has 2 aliphatic heterocycles. The quantitative estimate of drug-likeness (QED) is 0.854. The summed E-state index contributed by atoms with van der Waals surface area (Å²) >= 11 is 0. The first kappa shape index (κ1) is 15.4. The molecule has 1 atom stereocenters. The number of carbonyl (C=O) groups is 1. The molecular weight excluding hydrogens is 280 g/mol. The number of pyridine rings is 1. The van der Waals surface area contributed by atoms with E-state index in [1.54, 1.807) is 12.4 Å². The summed E-state index contributed by atoms with van der Waals surface area (Å²) < 4.78 is 11.5. The van der Waals surface area contributed by atoms with Crippen LogP contribution in [0.3, 0.4) is 0 Å². The van der Waals surface area contributed by atoms with Gasteiger partial charge in [-0.15, -0.1) is 0 Å². The smallest absolute Gasteiger partial charge is 0.222 e. The SMILES string of the molecule is CC1([C@@H]2CCCN(C(=O)CCc3ccncc3)C2)OCCO1. The molecular formula is C17H24N2O3. The third-order valence-electron chi connectivity index (χ3n) is 4.75. The second-order valence-corrected chi connectivity index (χ2v) is 6.25. The van der Waals surface area contributed by atoms with Gasteiger partial charge in [0.2, 0.25) is 5.91 Å². The second kappa shape index (κ2) is 6.75. The Morgan fingerprint density at radius 3 is 2.82 bits per heavy atom. The summed E-state index contributed by atoms with van der Waals surface area (Å²) in [5.74, 6) is -0.0129. The summed E-state index contributed by atoms with van der Waals surface area (Å²) in [5.41, 5.74) is 1.16. The molecule has 1 amide bonds. The summed E-state index contributed by atoms with van der Waals surface area (Å²) in [6.07, 6.45) is 6.94. The van der Waals surface area contributed by atoms with E-state index in [4.69, 9.17) is 9.47 Å². The van der Waals surface area contributed by atoms with Crippen LogP contribution in [-0.2, 0) is 20.7 Å². The van der Waals surface area contributed by atoms with E-state index in [1.165, 1.54) is 0 Å². The van der Waals surface area contributed by atoms with Crippen LogP contribution in [0.2, 0.25) is 0 Å². The Morgan fingerprint density at radius 2 is 2.09 bits per heavy atom. The molecule has 2 saturated heterocycles. The number of nitrogens with zero attached hydrogens (tertiary/aromatic N) is 2. The molecule has 1 aromatic heterocycles. The maximum Gasteiger partial charge on any atom is 0.222 e. The van der Waals surface area contributed by atoms with Gasteiger partial charge in [0, 0.05) is 37.8 Å². The van der Waals surface area contributed by atoms with Crippen molar-refractivity contribution in [3.05, 3.63) is 30.1 Å². The van der Waals surface area contributed by atoms with Crippen molar-refractivity contribution >= 4 is 5.91 Å². The van der Waals surface area contributed by atoms with Crippen molar-refractivity contribution in [2.45, 2.75) is 38.4 Å². The van der Waals surface area contributed by atoms with E-state index < -0.39 is 5.79 Å². The fraction of sp³-hybridized carbons (Fsp3) is 0.647. The molecule has 0 bridgehead atoms. The van der Waals surface area contributed by atoms with Crippen LogP contribution in [0.25, 0.3) is 0 Å². The zero-order valence-corrected chi connectivity index (χ0v) is 13.2. The zero-order chi connectivity index (χ0) is 15.4. The number of hydrogen-bond donors (Lipinski definition) is 0. The van der Waals surface area contributed by atoms with E-state index in [0.29, 0.717) is 19.6 Å². The van der Waals surface area contributed by atoms with Gasteiger partial charge in [0.25, 0.3) is 0 Å². The summed E-state index contributed by atoms with van der Waals surface area (Å²) in [6, 6.07) is 3.93. The maximum atomic E-state index is 12.5. The lowest BCUT2D eigenvalue weighted by Crippen LogP contribution is -2.48. The van der Waals surface area contributed by atoms with Gasteiger partial charge in [-0.25, -0.2) is 0 Å². The summed E-state index contributed by atoms with van der Waals surface area (Å²) in [4.78, 5) is 18.4. The molecule has 3 rings (SSSR count). The molecule has 0 N–H and O–H groups in total. The average molecular weight is 304 g/mol. The number of carbonyl (C=O) groups excluding carboxylic acids is 1. The van der Waals surface area contributed by atoms with Crippen LogP contribution in [0, 0.1) is 5.92 Å². The molecule has 0 radical (unpaired) electrons. The average Bonchev–Trinajstić information content (AvgIpc) is 3.02. The summed E-state index contributed by atoms with van der Waals surface area (Å²) in [5, 5.41) is 0. The standard InChI is InChI=1S/C17H24N2O3/c1-17(21-11-12-22-17)15-3-2-10-19(13-15)16(20)5-4-14-6-8-18-9-7-14/h6-9,15H,2-5,10-13H2,1H3/t15-/m1/s1. The maximum absolute atomic E-state index is 12.5. The number of rotatable bonds is 4. The lowest BCUT2D eigenvalue weighted by atomic mass is 9.90. The van der Waals surface area contributed by atoms with Crippen LogP contribution in [0.1, 0.15) is 31.7 Å². The molecule has 0 aromatic carbocycles.